The predicted octanol–water partition coefficient (Wildman–Crippen LogP) is 6.33. The van der Waals surface area contributed by atoms with Crippen molar-refractivity contribution < 1.29 is 35.9 Å². The molecule has 0 aliphatic carbocycles. The van der Waals surface area contributed by atoms with Crippen LogP contribution in [-0.2, 0) is 17.8 Å². The number of anilines is 1. The van der Waals surface area contributed by atoms with Crippen LogP contribution >= 0.6 is 11.3 Å². The van der Waals surface area contributed by atoms with Gasteiger partial charge in [0.2, 0.25) is 11.4 Å². The van der Waals surface area contributed by atoms with Gasteiger partial charge in [-0.05, 0) is 43.2 Å². The molecule has 43 heavy (non-hydrogen) atoms. The van der Waals surface area contributed by atoms with E-state index >= 15 is 0 Å². The summed E-state index contributed by atoms with van der Waals surface area (Å²) < 4.78 is 8.11. The van der Waals surface area contributed by atoms with E-state index in [0.717, 1.165) is 30.6 Å². The van der Waals surface area contributed by atoms with Crippen LogP contribution in [0.15, 0.2) is 59.6 Å². The summed E-state index contributed by atoms with van der Waals surface area (Å²) in [7, 11) is 0. The van der Waals surface area contributed by atoms with E-state index < -0.39 is 0 Å². The Hall–Kier alpha value is -2.51. The van der Waals surface area contributed by atoms with Crippen molar-refractivity contribution in [2.75, 3.05) is 11.9 Å². The number of aromatic nitrogens is 1. The van der Waals surface area contributed by atoms with Crippen molar-refractivity contribution in [3.8, 4) is 5.75 Å². The number of carbonyl (C=O) groups is 2. The number of benzene rings is 2. The number of Topliss-reactive ketones (excluding diaryl/α,β-unsaturated/α-hetero) is 1. The molecule has 7 heteroatoms. The van der Waals surface area contributed by atoms with Crippen LogP contribution in [0.5, 0.6) is 5.75 Å². The Bertz CT molecular complexity index is 1180. The van der Waals surface area contributed by atoms with Gasteiger partial charge in [0.1, 0.15) is 5.75 Å². The smallest absolute Gasteiger partial charge is 0.228 e. The van der Waals surface area contributed by atoms with Gasteiger partial charge in [0, 0.05) is 11.3 Å². The van der Waals surface area contributed by atoms with E-state index in [1.807, 2.05) is 48.0 Å². The van der Waals surface area contributed by atoms with E-state index in [0.29, 0.717) is 17.9 Å². The molecular formula is C36H51BrN2O3S. The molecule has 0 aliphatic heterocycles. The molecule has 1 aromatic heterocycles. The maximum Gasteiger partial charge on any atom is 0.228 e. The van der Waals surface area contributed by atoms with Crippen LogP contribution in [0.25, 0.3) is 0 Å². The Morgan fingerprint density at radius 2 is 1.37 bits per heavy atom. The van der Waals surface area contributed by atoms with Crippen LogP contribution < -0.4 is 31.6 Å². The first-order valence-electron chi connectivity index (χ1n) is 16.1. The zero-order valence-electron chi connectivity index (χ0n) is 26.3. The van der Waals surface area contributed by atoms with Gasteiger partial charge in [0.15, 0.2) is 18.5 Å². The lowest BCUT2D eigenvalue weighted by Crippen LogP contribution is -3.00. The number of hydrogen-bond acceptors (Lipinski definition) is 4. The number of nitrogens with one attached hydrogen (secondary N) is 1. The summed E-state index contributed by atoms with van der Waals surface area (Å²) in [6.07, 6.45) is 20.8. The summed E-state index contributed by atoms with van der Waals surface area (Å²) >= 11 is 1.66. The molecule has 0 unspecified atom stereocenters. The summed E-state index contributed by atoms with van der Waals surface area (Å²) in [4.78, 5) is 25.0. The lowest BCUT2D eigenvalue weighted by molar-refractivity contribution is -0.683. The number of ketones is 1. The first kappa shape index (κ1) is 36.7. The van der Waals surface area contributed by atoms with Crippen molar-refractivity contribution in [2.45, 2.75) is 117 Å². The standard InChI is InChI=1S/C36H50N2O3S.BrH/c1-3-4-5-6-7-8-9-10-11-12-13-14-15-16-24-41-35-22-19-32(26-34(35)30(2)39)27-36(40)37-33-20-17-31(18-21-33)28-38-23-25-42-29-38;/h17-23,25-26,29H,3-16,24,27-28H2,1-2H3;1H. The SMILES string of the molecule is CCCCCCCCCCCCCCCCOc1ccc(CC(=O)Nc2ccc(C[n+]3ccsc3)cc2)cc1C(C)=O.[Br-]. The number of unbranched alkanes of at least 4 members (excludes halogenated alkanes) is 13. The molecule has 0 bridgehead atoms. The highest BCUT2D eigenvalue weighted by molar-refractivity contribution is 7.07. The molecule has 3 aromatic rings. The Labute approximate surface area is 274 Å². The van der Waals surface area contributed by atoms with Crippen molar-refractivity contribution >= 4 is 28.7 Å². The highest BCUT2D eigenvalue weighted by Gasteiger charge is 2.13. The van der Waals surface area contributed by atoms with Crippen molar-refractivity contribution in [2.24, 2.45) is 0 Å². The quantitative estimate of drug-likeness (QED) is 0.0772. The predicted molar refractivity (Wildman–Crippen MR) is 175 cm³/mol. The number of halogens is 1. The van der Waals surface area contributed by atoms with Crippen LogP contribution in [0, 0.1) is 0 Å². The number of carbonyl (C=O) groups excluding carboxylic acids is 2. The average Bonchev–Trinajstić information content (AvgIpc) is 3.49. The van der Waals surface area contributed by atoms with Gasteiger partial charge in [0.05, 0.1) is 24.0 Å². The normalized spacial score (nSPS) is 10.7. The fourth-order valence-corrected chi connectivity index (χ4v) is 5.81. The van der Waals surface area contributed by atoms with E-state index in [9.17, 15) is 9.59 Å². The second kappa shape index (κ2) is 22.1. The molecule has 0 radical (unpaired) electrons. The Kier molecular flexibility index (Phi) is 18.8. The van der Waals surface area contributed by atoms with Crippen LogP contribution in [0.2, 0.25) is 0 Å². The Morgan fingerprint density at radius 3 is 1.93 bits per heavy atom. The Balaban J connectivity index is 0.00000645. The molecule has 0 fully saturated rings. The van der Waals surface area contributed by atoms with Crippen molar-refractivity contribution in [3.05, 3.63) is 76.2 Å². The van der Waals surface area contributed by atoms with Gasteiger partial charge >= 0.3 is 0 Å². The zero-order valence-corrected chi connectivity index (χ0v) is 28.7. The summed E-state index contributed by atoms with van der Waals surface area (Å²) in [5, 5.41) is 5.01. The third-order valence-corrected chi connectivity index (χ3v) is 8.34. The molecule has 0 saturated heterocycles. The number of ether oxygens (including phenoxy) is 1. The molecule has 1 N–H and O–H groups in total. The topological polar surface area (TPSA) is 59.3 Å². The maximum atomic E-state index is 12.7. The highest BCUT2D eigenvalue weighted by Crippen LogP contribution is 2.22. The molecule has 3 rings (SSSR count). The fourth-order valence-electron chi connectivity index (χ4n) is 5.21. The van der Waals surface area contributed by atoms with Crippen LogP contribution in [0.4, 0.5) is 5.69 Å². The molecule has 5 nitrogen and oxygen atoms in total. The molecule has 0 saturated carbocycles. The minimum atomic E-state index is -0.111. The minimum absolute atomic E-state index is 0. The van der Waals surface area contributed by atoms with E-state index in [-0.39, 0.29) is 35.1 Å². The molecule has 0 atom stereocenters. The van der Waals surface area contributed by atoms with Crippen LogP contribution in [-0.4, -0.2) is 18.3 Å². The second-order valence-electron chi connectivity index (χ2n) is 11.5. The number of thiazole rings is 1. The average molecular weight is 672 g/mol. The molecule has 0 aliphatic rings. The molecule has 1 heterocycles. The van der Waals surface area contributed by atoms with Crippen molar-refractivity contribution in [1.82, 2.24) is 0 Å². The van der Waals surface area contributed by atoms with Crippen LogP contribution in [0.3, 0.4) is 0 Å². The van der Waals surface area contributed by atoms with E-state index in [1.54, 1.807) is 24.3 Å². The van der Waals surface area contributed by atoms with Gasteiger partial charge in [-0.15, -0.1) is 0 Å². The second-order valence-corrected chi connectivity index (χ2v) is 12.2. The maximum absolute atomic E-state index is 12.7. The number of rotatable bonds is 22. The molecule has 0 spiro atoms. The van der Waals surface area contributed by atoms with E-state index in [4.69, 9.17) is 4.74 Å². The molecule has 1 amide bonds. The zero-order chi connectivity index (χ0) is 29.8. The number of nitrogens with zero attached hydrogens (tertiary/aromatic N) is 1. The first-order chi connectivity index (χ1) is 20.5. The third kappa shape index (κ3) is 15.2. The lowest BCUT2D eigenvalue weighted by Gasteiger charge is -2.12. The van der Waals surface area contributed by atoms with Gasteiger partial charge in [-0.25, -0.2) is 0 Å². The van der Waals surface area contributed by atoms with Crippen molar-refractivity contribution in [1.29, 1.82) is 0 Å². The highest BCUT2D eigenvalue weighted by atomic mass is 79.9. The van der Waals surface area contributed by atoms with Gasteiger partial charge in [-0.1, -0.05) is 120 Å². The van der Waals surface area contributed by atoms with Gasteiger partial charge in [-0.3, -0.25) is 9.59 Å². The lowest BCUT2D eigenvalue weighted by atomic mass is 10.0. The minimum Gasteiger partial charge on any atom is -1.00 e. The largest absolute Gasteiger partial charge is 1.00 e. The summed E-state index contributed by atoms with van der Waals surface area (Å²) in [6, 6.07) is 13.4. The molecule has 2 aromatic carbocycles. The summed E-state index contributed by atoms with van der Waals surface area (Å²) in [6.45, 7) is 5.24. The van der Waals surface area contributed by atoms with Crippen LogP contribution in [0.1, 0.15) is 125 Å². The third-order valence-electron chi connectivity index (χ3n) is 7.67. The van der Waals surface area contributed by atoms with Gasteiger partial charge < -0.3 is 27.0 Å². The monoisotopic (exact) mass is 670 g/mol. The molecular weight excluding hydrogens is 620 g/mol. The van der Waals surface area contributed by atoms with Gasteiger partial charge in [-0.2, -0.15) is 4.57 Å². The molecule has 236 valence electrons. The van der Waals surface area contributed by atoms with Crippen molar-refractivity contribution in [3.63, 3.8) is 0 Å². The number of hydrogen-bond donors (Lipinski definition) is 1. The van der Waals surface area contributed by atoms with E-state index in [1.165, 1.54) is 82.6 Å². The Morgan fingerprint density at radius 1 is 0.791 bits per heavy atom. The number of amides is 1. The summed E-state index contributed by atoms with van der Waals surface area (Å²) in [5.41, 5.74) is 5.35. The van der Waals surface area contributed by atoms with Gasteiger partial charge in [0.25, 0.3) is 0 Å². The fraction of sp³-hybridized carbons (Fsp3) is 0.528. The van der Waals surface area contributed by atoms with E-state index in [2.05, 4.69) is 22.3 Å². The summed E-state index contributed by atoms with van der Waals surface area (Å²) in [5.74, 6) is 0.452. The first-order valence-corrected chi connectivity index (χ1v) is 17.1.